The molecule has 0 unspecified atom stereocenters. The number of esters is 1. The highest BCUT2D eigenvalue weighted by molar-refractivity contribution is 8.04. The van der Waals surface area contributed by atoms with Crippen LogP contribution in [0.4, 0.5) is 8.78 Å². The predicted octanol–water partition coefficient (Wildman–Crippen LogP) is 4.03. The van der Waals surface area contributed by atoms with E-state index in [-0.39, 0.29) is 15.7 Å². The molecule has 0 amide bonds. The third-order valence-corrected chi connectivity index (χ3v) is 3.23. The molecule has 0 saturated carbocycles. The smallest absolute Gasteiger partial charge is 0.387 e. The van der Waals surface area contributed by atoms with Gasteiger partial charge >= 0.3 is 12.6 Å². The van der Waals surface area contributed by atoms with E-state index in [1.165, 1.54) is 13.2 Å². The standard InChI is InChI=1S/C12H11ClF2O3S/c1-6-4-8(19-7(2)11(16)17-3)5-9(13)10(6)18-12(14)15/h4-5,12H,2H2,1,3H3. The molecule has 1 aromatic rings. The number of hydrogen-bond donors (Lipinski definition) is 0. The second-order valence-corrected chi connectivity index (χ2v) is 5.02. The van der Waals surface area contributed by atoms with Crippen molar-refractivity contribution in [3.63, 3.8) is 0 Å². The Bertz CT molecular complexity index is 483. The minimum atomic E-state index is -2.94. The summed E-state index contributed by atoms with van der Waals surface area (Å²) in [5.41, 5.74) is 0.438. The summed E-state index contributed by atoms with van der Waals surface area (Å²) in [6.45, 7) is 2.18. The molecule has 0 aliphatic rings. The van der Waals surface area contributed by atoms with Crippen LogP contribution in [0.25, 0.3) is 0 Å². The Labute approximate surface area is 118 Å². The van der Waals surface area contributed by atoms with Gasteiger partial charge in [0, 0.05) is 4.90 Å². The van der Waals surface area contributed by atoms with Crippen molar-refractivity contribution in [2.75, 3.05) is 7.11 Å². The molecule has 1 rings (SSSR count). The summed E-state index contributed by atoms with van der Waals surface area (Å²) in [7, 11) is 1.24. The number of alkyl halides is 2. The lowest BCUT2D eigenvalue weighted by Gasteiger charge is -2.12. The Morgan fingerprint density at radius 1 is 1.47 bits per heavy atom. The van der Waals surface area contributed by atoms with Gasteiger partial charge in [0.1, 0.15) is 5.75 Å². The molecule has 0 N–H and O–H groups in total. The van der Waals surface area contributed by atoms with Gasteiger partial charge in [0.25, 0.3) is 0 Å². The lowest BCUT2D eigenvalue weighted by Crippen LogP contribution is -2.04. The Balaban J connectivity index is 2.95. The largest absolute Gasteiger partial charge is 0.465 e. The number of aryl methyl sites for hydroxylation is 1. The molecule has 0 bridgehead atoms. The molecule has 104 valence electrons. The average molecular weight is 309 g/mol. The summed E-state index contributed by atoms with van der Waals surface area (Å²) in [5, 5.41) is 0.0421. The van der Waals surface area contributed by atoms with E-state index in [0.717, 1.165) is 11.8 Å². The third kappa shape index (κ3) is 4.40. The van der Waals surface area contributed by atoms with E-state index >= 15 is 0 Å². The van der Waals surface area contributed by atoms with Crippen molar-refractivity contribution in [1.82, 2.24) is 0 Å². The number of carbonyl (C=O) groups is 1. The molecule has 19 heavy (non-hydrogen) atoms. The maximum Gasteiger partial charge on any atom is 0.387 e. The van der Waals surface area contributed by atoms with E-state index in [2.05, 4.69) is 16.1 Å². The van der Waals surface area contributed by atoms with E-state index in [0.29, 0.717) is 10.5 Å². The van der Waals surface area contributed by atoms with E-state index in [1.54, 1.807) is 13.0 Å². The zero-order valence-corrected chi connectivity index (χ0v) is 11.8. The van der Waals surface area contributed by atoms with Crippen molar-refractivity contribution in [2.24, 2.45) is 0 Å². The van der Waals surface area contributed by atoms with Gasteiger partial charge in [-0.25, -0.2) is 4.79 Å². The van der Waals surface area contributed by atoms with Crippen molar-refractivity contribution >= 4 is 29.3 Å². The second-order valence-electron chi connectivity index (χ2n) is 3.45. The number of thioether (sulfide) groups is 1. The molecule has 7 heteroatoms. The zero-order valence-electron chi connectivity index (χ0n) is 10.2. The number of ether oxygens (including phenoxy) is 2. The van der Waals surface area contributed by atoms with Crippen molar-refractivity contribution in [1.29, 1.82) is 0 Å². The Morgan fingerprint density at radius 2 is 2.11 bits per heavy atom. The molecule has 3 nitrogen and oxygen atoms in total. The zero-order chi connectivity index (χ0) is 14.6. The number of methoxy groups -OCH3 is 1. The van der Waals surface area contributed by atoms with Crippen molar-refractivity contribution < 1.29 is 23.0 Å². The van der Waals surface area contributed by atoms with Gasteiger partial charge < -0.3 is 9.47 Å². The van der Waals surface area contributed by atoms with Crippen LogP contribution < -0.4 is 4.74 Å². The molecule has 0 radical (unpaired) electrons. The molecule has 0 spiro atoms. The topological polar surface area (TPSA) is 35.5 Å². The Morgan fingerprint density at radius 3 is 2.58 bits per heavy atom. The summed E-state index contributed by atoms with van der Waals surface area (Å²) in [6, 6.07) is 2.99. The van der Waals surface area contributed by atoms with Crippen LogP contribution >= 0.6 is 23.4 Å². The monoisotopic (exact) mass is 308 g/mol. The normalized spacial score (nSPS) is 10.4. The summed E-state index contributed by atoms with van der Waals surface area (Å²) in [4.78, 5) is 11.9. The highest BCUT2D eigenvalue weighted by Gasteiger charge is 2.15. The van der Waals surface area contributed by atoms with Crippen molar-refractivity contribution in [2.45, 2.75) is 18.4 Å². The number of halogens is 3. The van der Waals surface area contributed by atoms with E-state index in [4.69, 9.17) is 11.6 Å². The van der Waals surface area contributed by atoms with Gasteiger partial charge in [0.05, 0.1) is 17.0 Å². The summed E-state index contributed by atoms with van der Waals surface area (Å²) >= 11 is 6.89. The number of rotatable bonds is 5. The average Bonchev–Trinajstić information content (AvgIpc) is 2.32. The molecule has 0 aromatic heterocycles. The van der Waals surface area contributed by atoms with E-state index in [9.17, 15) is 13.6 Å². The summed E-state index contributed by atoms with van der Waals surface area (Å²) < 4.78 is 33.2. The van der Waals surface area contributed by atoms with Gasteiger partial charge in [-0.15, -0.1) is 0 Å². The minimum Gasteiger partial charge on any atom is -0.465 e. The van der Waals surface area contributed by atoms with Gasteiger partial charge in [-0.1, -0.05) is 29.9 Å². The fourth-order valence-electron chi connectivity index (χ4n) is 1.29. The first-order chi connectivity index (χ1) is 8.85. The molecular weight excluding hydrogens is 298 g/mol. The van der Waals surface area contributed by atoms with Gasteiger partial charge in [-0.2, -0.15) is 8.78 Å². The van der Waals surface area contributed by atoms with Crippen LogP contribution in [-0.4, -0.2) is 19.7 Å². The lowest BCUT2D eigenvalue weighted by molar-refractivity contribution is -0.135. The van der Waals surface area contributed by atoms with Crippen LogP contribution in [0.1, 0.15) is 5.56 Å². The number of carbonyl (C=O) groups excluding carboxylic acids is 1. The highest BCUT2D eigenvalue weighted by atomic mass is 35.5. The van der Waals surface area contributed by atoms with Crippen LogP contribution in [0.15, 0.2) is 28.5 Å². The van der Waals surface area contributed by atoms with E-state index < -0.39 is 12.6 Å². The van der Waals surface area contributed by atoms with Crippen LogP contribution in [0, 0.1) is 6.92 Å². The van der Waals surface area contributed by atoms with Crippen LogP contribution in [0.3, 0.4) is 0 Å². The highest BCUT2D eigenvalue weighted by Crippen LogP contribution is 2.36. The summed E-state index contributed by atoms with van der Waals surface area (Å²) in [6.07, 6.45) is 0. The maximum atomic E-state index is 12.2. The van der Waals surface area contributed by atoms with Crippen molar-refractivity contribution in [3.05, 3.63) is 34.2 Å². The van der Waals surface area contributed by atoms with Gasteiger partial charge in [0.15, 0.2) is 0 Å². The molecular formula is C12H11ClF2O3S. The first-order valence-corrected chi connectivity index (χ1v) is 6.24. The first-order valence-electron chi connectivity index (χ1n) is 5.05. The van der Waals surface area contributed by atoms with E-state index in [1.807, 2.05) is 0 Å². The van der Waals surface area contributed by atoms with Crippen LogP contribution in [0.2, 0.25) is 5.02 Å². The SMILES string of the molecule is C=C(Sc1cc(C)c(OC(F)F)c(Cl)c1)C(=O)OC. The molecule has 0 saturated heterocycles. The van der Waals surface area contributed by atoms with Gasteiger partial charge in [-0.05, 0) is 24.6 Å². The van der Waals surface area contributed by atoms with Gasteiger partial charge in [0.2, 0.25) is 0 Å². The van der Waals surface area contributed by atoms with Crippen LogP contribution in [0.5, 0.6) is 5.75 Å². The fourth-order valence-corrected chi connectivity index (χ4v) is 2.53. The fraction of sp³-hybridized carbons (Fsp3) is 0.250. The Kier molecular flexibility index (Phi) is 5.62. The molecule has 0 heterocycles. The predicted molar refractivity (Wildman–Crippen MR) is 69.8 cm³/mol. The summed E-state index contributed by atoms with van der Waals surface area (Å²) in [5.74, 6) is -0.642. The molecule has 0 aliphatic heterocycles. The molecule has 0 fully saturated rings. The molecule has 0 atom stereocenters. The quantitative estimate of drug-likeness (QED) is 0.467. The van der Waals surface area contributed by atoms with Gasteiger partial charge in [-0.3, -0.25) is 0 Å². The third-order valence-electron chi connectivity index (χ3n) is 2.06. The maximum absolute atomic E-state index is 12.2. The van der Waals surface area contributed by atoms with Crippen molar-refractivity contribution in [3.8, 4) is 5.75 Å². The Hall–Kier alpha value is -1.27. The molecule has 1 aromatic carbocycles. The number of benzene rings is 1. The molecule has 0 aliphatic carbocycles. The minimum absolute atomic E-state index is 0.0421. The first kappa shape index (κ1) is 15.8. The number of hydrogen-bond acceptors (Lipinski definition) is 4. The van der Waals surface area contributed by atoms with Crippen LogP contribution in [-0.2, 0) is 9.53 Å². The lowest BCUT2D eigenvalue weighted by atomic mass is 10.2. The second kappa shape index (κ2) is 6.77.